The van der Waals surface area contributed by atoms with Crippen LogP contribution in [0.3, 0.4) is 0 Å². The van der Waals surface area contributed by atoms with E-state index in [2.05, 4.69) is 12.3 Å². The molecule has 1 heterocycles. The zero-order chi connectivity index (χ0) is 13.8. The molecule has 2 rings (SSSR count). The Morgan fingerprint density at radius 3 is 2.79 bits per heavy atom. The highest BCUT2D eigenvalue weighted by atomic mass is 35.5. The summed E-state index contributed by atoms with van der Waals surface area (Å²) in [6.45, 7) is 2.27. The fourth-order valence-corrected chi connectivity index (χ4v) is 5.64. The molecule has 106 valence electrons. The molecule has 2 nitrogen and oxygen atoms in total. The molecule has 3 atom stereocenters. The van der Waals surface area contributed by atoms with Crippen LogP contribution in [0.25, 0.3) is 0 Å². The molecule has 1 fully saturated rings. The van der Waals surface area contributed by atoms with Crippen molar-refractivity contribution in [3.8, 4) is 0 Å². The van der Waals surface area contributed by atoms with Gasteiger partial charge in [-0.15, -0.1) is 0 Å². The van der Waals surface area contributed by atoms with Gasteiger partial charge in [0.2, 0.25) is 0 Å². The van der Waals surface area contributed by atoms with Crippen molar-refractivity contribution in [3.63, 3.8) is 0 Å². The molecule has 19 heavy (non-hydrogen) atoms. The third-order valence-corrected chi connectivity index (χ3v) is 7.43. The highest BCUT2D eigenvalue weighted by molar-refractivity contribution is 8.07. The monoisotopic (exact) mass is 336 g/mol. The fourth-order valence-electron chi connectivity index (χ4n) is 2.30. The highest BCUT2D eigenvalue weighted by Crippen LogP contribution is 2.35. The van der Waals surface area contributed by atoms with Crippen molar-refractivity contribution in [1.82, 2.24) is 5.43 Å². The van der Waals surface area contributed by atoms with Crippen LogP contribution in [0.1, 0.15) is 12.5 Å². The van der Waals surface area contributed by atoms with Gasteiger partial charge in [-0.1, -0.05) is 42.3 Å². The second-order valence-corrected chi connectivity index (χ2v) is 8.16. The van der Waals surface area contributed by atoms with Gasteiger partial charge < -0.3 is 0 Å². The van der Waals surface area contributed by atoms with Crippen LogP contribution in [0.5, 0.6) is 0 Å². The molecule has 1 aliphatic rings. The third kappa shape index (κ3) is 3.96. The highest BCUT2D eigenvalue weighted by Gasteiger charge is 2.30. The normalized spacial score (nSPS) is 25.3. The summed E-state index contributed by atoms with van der Waals surface area (Å²) in [5.41, 5.74) is 4.02. The van der Waals surface area contributed by atoms with Crippen molar-refractivity contribution < 1.29 is 0 Å². The smallest absolute Gasteiger partial charge is 0.0624 e. The number of nitrogens with two attached hydrogens (primary N) is 1. The standard InChI is InChI=1S/C13H18Cl2N2S2/c1-8-13(19-6-5-18-8)11(17-16)7-9-3-2-4-10(14)12(9)15/h2-4,8,11,13,17H,5-7,16H2,1H3. The average molecular weight is 337 g/mol. The summed E-state index contributed by atoms with van der Waals surface area (Å²) in [5.74, 6) is 8.15. The molecular weight excluding hydrogens is 319 g/mol. The summed E-state index contributed by atoms with van der Waals surface area (Å²) in [6, 6.07) is 5.97. The molecular formula is C13H18Cl2N2S2. The third-order valence-electron chi connectivity index (χ3n) is 3.32. The van der Waals surface area contributed by atoms with E-state index in [9.17, 15) is 0 Å². The minimum Gasteiger partial charge on any atom is -0.271 e. The first-order chi connectivity index (χ1) is 9.13. The summed E-state index contributed by atoms with van der Waals surface area (Å²) in [7, 11) is 0. The molecule has 3 unspecified atom stereocenters. The number of nitrogens with one attached hydrogen (secondary N) is 1. The molecule has 0 radical (unpaired) electrons. The molecule has 1 aliphatic heterocycles. The first-order valence-electron chi connectivity index (χ1n) is 6.25. The van der Waals surface area contributed by atoms with Crippen molar-refractivity contribution in [2.45, 2.75) is 29.9 Å². The van der Waals surface area contributed by atoms with Gasteiger partial charge in [-0.25, -0.2) is 0 Å². The quantitative estimate of drug-likeness (QED) is 0.650. The fraction of sp³-hybridized carbons (Fsp3) is 0.538. The maximum Gasteiger partial charge on any atom is 0.0624 e. The molecule has 1 aromatic carbocycles. The van der Waals surface area contributed by atoms with Crippen LogP contribution in [0, 0.1) is 0 Å². The Hall–Kier alpha value is 0.420. The molecule has 0 spiro atoms. The summed E-state index contributed by atoms with van der Waals surface area (Å²) in [5, 5.41) is 2.34. The maximum absolute atomic E-state index is 6.26. The molecule has 0 aromatic heterocycles. The zero-order valence-electron chi connectivity index (χ0n) is 10.7. The van der Waals surface area contributed by atoms with E-state index < -0.39 is 0 Å². The number of halogens is 2. The number of benzene rings is 1. The Morgan fingerprint density at radius 2 is 2.11 bits per heavy atom. The minimum absolute atomic E-state index is 0.212. The van der Waals surface area contributed by atoms with Gasteiger partial charge in [0, 0.05) is 28.0 Å². The van der Waals surface area contributed by atoms with E-state index in [4.69, 9.17) is 29.0 Å². The molecule has 1 aromatic rings. The first-order valence-corrected chi connectivity index (χ1v) is 9.11. The lowest BCUT2D eigenvalue weighted by Crippen LogP contribution is -2.48. The lowest BCUT2D eigenvalue weighted by Gasteiger charge is -2.34. The number of hydrazine groups is 1. The van der Waals surface area contributed by atoms with Gasteiger partial charge in [-0.2, -0.15) is 23.5 Å². The van der Waals surface area contributed by atoms with Crippen molar-refractivity contribution in [2.24, 2.45) is 5.84 Å². The maximum atomic E-state index is 6.26. The van der Waals surface area contributed by atoms with Gasteiger partial charge in [0.1, 0.15) is 0 Å². The van der Waals surface area contributed by atoms with Crippen molar-refractivity contribution >= 4 is 46.7 Å². The van der Waals surface area contributed by atoms with Crippen LogP contribution in [-0.2, 0) is 6.42 Å². The lowest BCUT2D eigenvalue weighted by molar-refractivity contribution is 0.501. The lowest BCUT2D eigenvalue weighted by atomic mass is 10.0. The molecule has 1 saturated heterocycles. The van der Waals surface area contributed by atoms with E-state index in [1.165, 1.54) is 11.5 Å². The van der Waals surface area contributed by atoms with Crippen LogP contribution in [0.15, 0.2) is 18.2 Å². The zero-order valence-corrected chi connectivity index (χ0v) is 13.9. The Morgan fingerprint density at radius 1 is 1.37 bits per heavy atom. The summed E-state index contributed by atoms with van der Waals surface area (Å²) < 4.78 is 0. The minimum atomic E-state index is 0.212. The van der Waals surface area contributed by atoms with Gasteiger partial charge in [0.15, 0.2) is 0 Å². The van der Waals surface area contributed by atoms with Gasteiger partial charge in [0.25, 0.3) is 0 Å². The average Bonchev–Trinajstić information content (AvgIpc) is 2.41. The number of rotatable bonds is 4. The molecule has 3 N–H and O–H groups in total. The predicted molar refractivity (Wildman–Crippen MR) is 89.4 cm³/mol. The molecule has 0 aliphatic carbocycles. The van der Waals surface area contributed by atoms with Crippen LogP contribution in [0.4, 0.5) is 0 Å². The van der Waals surface area contributed by atoms with E-state index >= 15 is 0 Å². The van der Waals surface area contributed by atoms with E-state index in [0.717, 1.165) is 12.0 Å². The number of hydrogen-bond acceptors (Lipinski definition) is 4. The van der Waals surface area contributed by atoms with E-state index in [0.29, 0.717) is 20.5 Å². The van der Waals surface area contributed by atoms with E-state index in [1.807, 2.05) is 41.7 Å². The Bertz CT molecular complexity index is 431. The van der Waals surface area contributed by atoms with Crippen molar-refractivity contribution in [1.29, 1.82) is 0 Å². The van der Waals surface area contributed by atoms with Crippen LogP contribution >= 0.6 is 46.7 Å². The predicted octanol–water partition coefficient (Wildman–Crippen LogP) is 3.60. The van der Waals surface area contributed by atoms with Crippen LogP contribution < -0.4 is 11.3 Å². The second-order valence-electron chi connectivity index (χ2n) is 4.60. The summed E-state index contributed by atoms with van der Waals surface area (Å²) >= 11 is 16.3. The largest absolute Gasteiger partial charge is 0.271 e. The number of thioether (sulfide) groups is 2. The number of hydrogen-bond donors (Lipinski definition) is 2. The van der Waals surface area contributed by atoms with E-state index in [-0.39, 0.29) is 6.04 Å². The topological polar surface area (TPSA) is 38.0 Å². The van der Waals surface area contributed by atoms with Crippen molar-refractivity contribution in [3.05, 3.63) is 33.8 Å². The van der Waals surface area contributed by atoms with Gasteiger partial charge in [-0.3, -0.25) is 11.3 Å². The second kappa shape index (κ2) is 7.43. The molecule has 0 amide bonds. The molecule has 0 saturated carbocycles. The van der Waals surface area contributed by atoms with Gasteiger partial charge in [0.05, 0.1) is 10.0 Å². The molecule has 0 bridgehead atoms. The summed E-state index contributed by atoms with van der Waals surface area (Å²) in [6.07, 6.45) is 0.804. The Kier molecular flexibility index (Phi) is 6.18. The Labute approximate surface area is 133 Å². The summed E-state index contributed by atoms with van der Waals surface area (Å²) in [4.78, 5) is 0. The van der Waals surface area contributed by atoms with Crippen LogP contribution in [0.2, 0.25) is 10.0 Å². The van der Waals surface area contributed by atoms with Crippen molar-refractivity contribution in [2.75, 3.05) is 11.5 Å². The first kappa shape index (κ1) is 15.8. The van der Waals surface area contributed by atoms with Gasteiger partial charge in [-0.05, 0) is 18.1 Å². The SMILES string of the molecule is CC1SCCSC1C(Cc1cccc(Cl)c1Cl)NN. The molecule has 6 heteroatoms. The van der Waals surface area contributed by atoms with Crippen LogP contribution in [-0.4, -0.2) is 28.0 Å². The van der Waals surface area contributed by atoms with Gasteiger partial charge >= 0.3 is 0 Å². The Balaban J connectivity index is 2.12. The van der Waals surface area contributed by atoms with E-state index in [1.54, 1.807) is 0 Å².